The molecule has 0 atom stereocenters. The lowest BCUT2D eigenvalue weighted by atomic mass is 9.88. The summed E-state index contributed by atoms with van der Waals surface area (Å²) >= 11 is 0. The number of ether oxygens (including phenoxy) is 1. The van der Waals surface area contributed by atoms with Crippen LogP contribution in [-0.4, -0.2) is 25.2 Å². The predicted octanol–water partition coefficient (Wildman–Crippen LogP) is 2.71. The van der Waals surface area contributed by atoms with E-state index in [1.807, 2.05) is 18.3 Å². The van der Waals surface area contributed by atoms with E-state index in [1.54, 1.807) is 7.11 Å². The first kappa shape index (κ1) is 11.5. The highest BCUT2D eigenvalue weighted by molar-refractivity contribution is 5.83. The molecule has 0 amide bonds. The van der Waals surface area contributed by atoms with Crippen LogP contribution < -0.4 is 10.1 Å². The third-order valence-corrected chi connectivity index (χ3v) is 3.76. The zero-order valence-electron chi connectivity index (χ0n) is 10.6. The van der Waals surface area contributed by atoms with Crippen molar-refractivity contribution in [1.82, 2.24) is 10.3 Å². The molecule has 1 aromatic carbocycles. The Morgan fingerprint density at radius 1 is 1.22 bits per heavy atom. The molecule has 3 heteroatoms. The third kappa shape index (κ3) is 2.06. The van der Waals surface area contributed by atoms with Crippen LogP contribution in [0.2, 0.25) is 0 Å². The topological polar surface area (TPSA) is 34.1 Å². The molecule has 1 N–H and O–H groups in total. The Labute approximate surface area is 107 Å². The number of benzene rings is 1. The minimum Gasteiger partial charge on any atom is -0.497 e. The zero-order chi connectivity index (χ0) is 12.4. The van der Waals surface area contributed by atoms with Gasteiger partial charge in [-0.3, -0.25) is 4.98 Å². The number of nitrogens with one attached hydrogen (secondary N) is 1. The number of pyridine rings is 1. The van der Waals surface area contributed by atoms with Crippen LogP contribution in [0.5, 0.6) is 5.75 Å². The fraction of sp³-hybridized carbons (Fsp3) is 0.400. The second-order valence-corrected chi connectivity index (χ2v) is 4.81. The number of hydrogen-bond donors (Lipinski definition) is 1. The second kappa shape index (κ2) is 4.94. The third-order valence-electron chi connectivity index (χ3n) is 3.76. The molecule has 0 spiro atoms. The van der Waals surface area contributed by atoms with Gasteiger partial charge in [0.1, 0.15) is 5.75 Å². The molecule has 2 aromatic rings. The van der Waals surface area contributed by atoms with Gasteiger partial charge < -0.3 is 10.1 Å². The van der Waals surface area contributed by atoms with E-state index in [4.69, 9.17) is 4.74 Å². The summed E-state index contributed by atoms with van der Waals surface area (Å²) < 4.78 is 5.26. The monoisotopic (exact) mass is 242 g/mol. The molecule has 0 radical (unpaired) electrons. The van der Waals surface area contributed by atoms with Crippen molar-refractivity contribution in [2.75, 3.05) is 20.2 Å². The van der Waals surface area contributed by atoms with Gasteiger partial charge in [-0.2, -0.15) is 0 Å². The lowest BCUT2D eigenvalue weighted by molar-refractivity contribution is 0.415. The quantitative estimate of drug-likeness (QED) is 0.879. The summed E-state index contributed by atoms with van der Waals surface area (Å²) in [7, 11) is 1.69. The normalized spacial score (nSPS) is 16.9. The average Bonchev–Trinajstić information content (AvgIpc) is 2.47. The van der Waals surface area contributed by atoms with Crippen LogP contribution >= 0.6 is 0 Å². The smallest absolute Gasteiger partial charge is 0.121 e. The van der Waals surface area contributed by atoms with Crippen LogP contribution in [0.3, 0.4) is 0 Å². The molecule has 94 valence electrons. The van der Waals surface area contributed by atoms with Crippen LogP contribution in [0.25, 0.3) is 10.9 Å². The summed E-state index contributed by atoms with van der Waals surface area (Å²) in [6.45, 7) is 2.23. The highest BCUT2D eigenvalue weighted by Gasteiger charge is 2.17. The van der Waals surface area contributed by atoms with E-state index in [-0.39, 0.29) is 0 Å². The van der Waals surface area contributed by atoms with Crippen molar-refractivity contribution in [1.29, 1.82) is 0 Å². The summed E-state index contributed by atoms with van der Waals surface area (Å²) in [5.41, 5.74) is 2.47. The summed E-state index contributed by atoms with van der Waals surface area (Å²) in [5, 5.41) is 4.68. The van der Waals surface area contributed by atoms with Gasteiger partial charge in [-0.1, -0.05) is 0 Å². The van der Waals surface area contributed by atoms with Crippen molar-refractivity contribution < 1.29 is 4.74 Å². The fourth-order valence-corrected chi connectivity index (χ4v) is 2.77. The van der Waals surface area contributed by atoms with Crippen LogP contribution in [0.15, 0.2) is 30.5 Å². The van der Waals surface area contributed by atoms with Crippen molar-refractivity contribution in [2.24, 2.45) is 0 Å². The van der Waals surface area contributed by atoms with E-state index in [9.17, 15) is 0 Å². The Morgan fingerprint density at radius 2 is 2.06 bits per heavy atom. The lowest BCUT2D eigenvalue weighted by Crippen LogP contribution is -2.26. The van der Waals surface area contributed by atoms with Crippen LogP contribution in [0.1, 0.15) is 24.3 Å². The number of hydrogen-bond acceptors (Lipinski definition) is 3. The molecular weight excluding hydrogens is 224 g/mol. The molecule has 3 nitrogen and oxygen atoms in total. The molecule has 1 aliphatic heterocycles. The number of piperidine rings is 1. The first-order chi connectivity index (χ1) is 8.88. The van der Waals surface area contributed by atoms with Crippen LogP contribution in [-0.2, 0) is 0 Å². The van der Waals surface area contributed by atoms with Crippen molar-refractivity contribution >= 4 is 10.9 Å². The molecule has 1 saturated heterocycles. The lowest BCUT2D eigenvalue weighted by Gasteiger charge is -2.24. The van der Waals surface area contributed by atoms with Crippen molar-refractivity contribution in [3.63, 3.8) is 0 Å². The Morgan fingerprint density at radius 3 is 2.83 bits per heavy atom. The zero-order valence-corrected chi connectivity index (χ0v) is 10.6. The predicted molar refractivity (Wildman–Crippen MR) is 73.1 cm³/mol. The highest BCUT2D eigenvalue weighted by atomic mass is 16.5. The van der Waals surface area contributed by atoms with E-state index < -0.39 is 0 Å². The van der Waals surface area contributed by atoms with Crippen molar-refractivity contribution in [3.8, 4) is 5.75 Å². The van der Waals surface area contributed by atoms with Gasteiger partial charge in [0.2, 0.25) is 0 Å². The maximum Gasteiger partial charge on any atom is 0.121 e. The molecule has 3 rings (SSSR count). The second-order valence-electron chi connectivity index (χ2n) is 4.81. The Hall–Kier alpha value is -1.61. The van der Waals surface area contributed by atoms with Gasteiger partial charge in [-0.05, 0) is 55.6 Å². The summed E-state index contributed by atoms with van der Waals surface area (Å²) in [4.78, 5) is 4.45. The molecule has 0 bridgehead atoms. The fourth-order valence-electron chi connectivity index (χ4n) is 2.77. The number of aromatic nitrogens is 1. The van der Waals surface area contributed by atoms with E-state index >= 15 is 0 Å². The molecule has 1 aromatic heterocycles. The molecule has 1 aliphatic rings. The maximum atomic E-state index is 5.26. The van der Waals surface area contributed by atoms with Gasteiger partial charge in [0.05, 0.1) is 12.6 Å². The van der Waals surface area contributed by atoms with Gasteiger partial charge in [0, 0.05) is 17.6 Å². The Kier molecular flexibility index (Phi) is 3.15. The molecule has 18 heavy (non-hydrogen) atoms. The number of fused-ring (bicyclic) bond motifs is 1. The molecule has 2 heterocycles. The standard InChI is InChI=1S/C15H18N2O/c1-18-12-2-3-14-13(6-9-17-15(14)10-12)11-4-7-16-8-5-11/h2-3,6,9-11,16H,4-5,7-8H2,1H3. The van der Waals surface area contributed by atoms with Crippen molar-refractivity contribution in [2.45, 2.75) is 18.8 Å². The van der Waals surface area contributed by atoms with Crippen LogP contribution in [0, 0.1) is 0 Å². The van der Waals surface area contributed by atoms with Gasteiger partial charge in [-0.15, -0.1) is 0 Å². The molecule has 0 saturated carbocycles. The van der Waals surface area contributed by atoms with Gasteiger partial charge in [0.15, 0.2) is 0 Å². The van der Waals surface area contributed by atoms with E-state index in [0.717, 1.165) is 24.4 Å². The molecule has 0 unspecified atom stereocenters. The highest BCUT2D eigenvalue weighted by Crippen LogP contribution is 2.31. The average molecular weight is 242 g/mol. The molecular formula is C15H18N2O. The van der Waals surface area contributed by atoms with E-state index in [0.29, 0.717) is 5.92 Å². The first-order valence-corrected chi connectivity index (χ1v) is 6.52. The van der Waals surface area contributed by atoms with Crippen LogP contribution in [0.4, 0.5) is 0 Å². The summed E-state index contributed by atoms with van der Waals surface area (Å²) in [5.74, 6) is 1.53. The minimum absolute atomic E-state index is 0.658. The number of nitrogens with zero attached hydrogens (tertiary/aromatic N) is 1. The Bertz CT molecular complexity index is 547. The van der Waals surface area contributed by atoms with Gasteiger partial charge in [-0.25, -0.2) is 0 Å². The number of rotatable bonds is 2. The van der Waals surface area contributed by atoms with E-state index in [2.05, 4.69) is 22.4 Å². The first-order valence-electron chi connectivity index (χ1n) is 6.52. The van der Waals surface area contributed by atoms with Gasteiger partial charge in [0.25, 0.3) is 0 Å². The summed E-state index contributed by atoms with van der Waals surface area (Å²) in [6.07, 6.45) is 4.34. The molecule has 0 aliphatic carbocycles. The van der Waals surface area contributed by atoms with Gasteiger partial charge >= 0.3 is 0 Å². The minimum atomic E-state index is 0.658. The summed E-state index contributed by atoms with van der Waals surface area (Å²) in [6, 6.07) is 8.35. The largest absolute Gasteiger partial charge is 0.497 e. The van der Waals surface area contributed by atoms with E-state index in [1.165, 1.54) is 23.8 Å². The number of methoxy groups -OCH3 is 1. The maximum absolute atomic E-state index is 5.26. The Balaban J connectivity index is 2.05. The SMILES string of the molecule is COc1ccc2c(C3CCNCC3)ccnc2c1. The van der Waals surface area contributed by atoms with Crippen molar-refractivity contribution in [3.05, 3.63) is 36.0 Å². The molecule has 1 fully saturated rings.